The third kappa shape index (κ3) is 5.46. The Balaban J connectivity index is 1.93. The number of hydrogen-bond donors (Lipinski definition) is 0. The molecule has 0 N–H and O–H groups in total. The quantitative estimate of drug-likeness (QED) is 0.404. The maximum atomic E-state index is 12.3. The van der Waals surface area contributed by atoms with E-state index in [1.54, 1.807) is 0 Å². The normalized spacial score (nSPS) is 12.0. The Kier molecular flexibility index (Phi) is 5.70. The van der Waals surface area contributed by atoms with Crippen LogP contribution in [0.15, 0.2) is 60.7 Å². The number of aryl methyl sites for hydroxylation is 2. The zero-order valence-electron chi connectivity index (χ0n) is 15.9. The van der Waals surface area contributed by atoms with Crippen molar-refractivity contribution in [3.8, 4) is 33.8 Å². The van der Waals surface area contributed by atoms with E-state index in [1.807, 2.05) is 26.0 Å². The van der Waals surface area contributed by atoms with Crippen LogP contribution in [-0.2, 0) is 0 Å². The van der Waals surface area contributed by atoms with E-state index in [-0.39, 0.29) is 11.5 Å². The smallest absolute Gasteiger partial charge is 0.406 e. The molecule has 0 aliphatic heterocycles. The first kappa shape index (κ1) is 21.5. The van der Waals surface area contributed by atoms with Gasteiger partial charge < -0.3 is 9.47 Å². The van der Waals surface area contributed by atoms with Crippen LogP contribution in [0.3, 0.4) is 0 Å². The van der Waals surface area contributed by atoms with Crippen molar-refractivity contribution in [2.75, 3.05) is 0 Å². The Labute approximate surface area is 168 Å². The Morgan fingerprint density at radius 1 is 0.533 bits per heavy atom. The van der Waals surface area contributed by atoms with Gasteiger partial charge in [0, 0.05) is 0 Å². The molecule has 3 aromatic rings. The summed E-state index contributed by atoms with van der Waals surface area (Å²) in [7, 11) is 0. The van der Waals surface area contributed by atoms with Gasteiger partial charge in [0.15, 0.2) is 0 Å². The van der Waals surface area contributed by atoms with Gasteiger partial charge in [0.25, 0.3) is 0 Å². The molecule has 0 unspecified atom stereocenters. The van der Waals surface area contributed by atoms with Crippen LogP contribution in [0.2, 0.25) is 0 Å². The van der Waals surface area contributed by atoms with E-state index in [2.05, 4.69) is 9.47 Å². The molecule has 0 atom stereocenters. The molecule has 8 heteroatoms. The van der Waals surface area contributed by atoms with Crippen molar-refractivity contribution < 1.29 is 35.8 Å². The number of hydrogen-bond acceptors (Lipinski definition) is 2. The number of benzene rings is 3. The molecule has 0 aromatic heterocycles. The molecule has 0 aliphatic carbocycles. The van der Waals surface area contributed by atoms with Gasteiger partial charge in [0.1, 0.15) is 11.5 Å². The Bertz CT molecular complexity index is 939. The summed E-state index contributed by atoms with van der Waals surface area (Å²) >= 11 is 0. The van der Waals surface area contributed by atoms with E-state index in [4.69, 9.17) is 0 Å². The van der Waals surface area contributed by atoms with Crippen LogP contribution in [0.5, 0.6) is 11.5 Å². The first-order chi connectivity index (χ1) is 13.9. The van der Waals surface area contributed by atoms with Crippen LogP contribution in [0.25, 0.3) is 22.3 Å². The van der Waals surface area contributed by atoms with Crippen molar-refractivity contribution in [3.05, 3.63) is 71.8 Å². The highest BCUT2D eigenvalue weighted by Crippen LogP contribution is 2.34. The predicted molar refractivity (Wildman–Crippen MR) is 100 cm³/mol. The van der Waals surface area contributed by atoms with Crippen LogP contribution in [0.4, 0.5) is 26.3 Å². The fourth-order valence-corrected chi connectivity index (χ4v) is 3.15. The Morgan fingerprint density at radius 2 is 0.867 bits per heavy atom. The van der Waals surface area contributed by atoms with E-state index in [0.29, 0.717) is 11.1 Å². The summed E-state index contributed by atoms with van der Waals surface area (Å²) in [6.45, 7) is 3.74. The number of rotatable bonds is 4. The van der Waals surface area contributed by atoms with Crippen molar-refractivity contribution in [2.24, 2.45) is 0 Å². The molecule has 0 fully saturated rings. The lowest BCUT2D eigenvalue weighted by Crippen LogP contribution is -2.16. The highest BCUT2D eigenvalue weighted by molar-refractivity contribution is 5.78. The molecule has 0 heterocycles. The maximum absolute atomic E-state index is 12.3. The molecule has 0 radical (unpaired) electrons. The summed E-state index contributed by atoms with van der Waals surface area (Å²) < 4.78 is 81.8. The first-order valence-corrected chi connectivity index (χ1v) is 8.75. The van der Waals surface area contributed by atoms with Crippen LogP contribution >= 0.6 is 0 Å². The van der Waals surface area contributed by atoms with Gasteiger partial charge in [-0.1, -0.05) is 30.3 Å². The monoisotopic (exact) mass is 426 g/mol. The SMILES string of the molecule is Cc1cc(C)c(-c2ccc(OC(F)(F)F)cc2)cc1-c1ccc(OC(F)(F)F)cc1. The molecule has 0 bridgehead atoms. The molecular formula is C22H16F6O2. The fraction of sp³-hybridized carbons (Fsp3) is 0.182. The summed E-state index contributed by atoms with van der Waals surface area (Å²) in [4.78, 5) is 0. The molecule has 158 valence electrons. The summed E-state index contributed by atoms with van der Waals surface area (Å²) in [5, 5.41) is 0. The molecule has 0 saturated carbocycles. The lowest BCUT2D eigenvalue weighted by Gasteiger charge is -2.15. The van der Waals surface area contributed by atoms with E-state index in [0.717, 1.165) is 22.3 Å². The average molecular weight is 426 g/mol. The molecule has 0 amide bonds. The summed E-state index contributed by atoms with van der Waals surface area (Å²) in [6.07, 6.45) is -9.53. The van der Waals surface area contributed by atoms with E-state index < -0.39 is 12.7 Å². The van der Waals surface area contributed by atoms with E-state index in [1.165, 1.54) is 48.5 Å². The topological polar surface area (TPSA) is 18.5 Å². The fourth-order valence-electron chi connectivity index (χ4n) is 3.15. The minimum absolute atomic E-state index is 0.323. The third-order valence-corrected chi connectivity index (χ3v) is 4.37. The first-order valence-electron chi connectivity index (χ1n) is 8.75. The van der Waals surface area contributed by atoms with Crippen LogP contribution in [0, 0.1) is 13.8 Å². The van der Waals surface area contributed by atoms with Crippen LogP contribution < -0.4 is 9.47 Å². The van der Waals surface area contributed by atoms with Gasteiger partial charge in [-0.05, 0) is 77.6 Å². The summed E-state index contributed by atoms with van der Waals surface area (Å²) in [5.41, 5.74) is 4.73. The molecule has 0 aliphatic rings. The number of ether oxygens (including phenoxy) is 2. The van der Waals surface area contributed by atoms with Gasteiger partial charge in [-0.15, -0.1) is 26.3 Å². The third-order valence-electron chi connectivity index (χ3n) is 4.37. The van der Waals surface area contributed by atoms with E-state index >= 15 is 0 Å². The number of alkyl halides is 6. The summed E-state index contributed by atoms with van der Waals surface area (Å²) in [6, 6.07) is 14.7. The van der Waals surface area contributed by atoms with Crippen molar-refractivity contribution in [1.29, 1.82) is 0 Å². The number of halogens is 6. The lowest BCUT2D eigenvalue weighted by molar-refractivity contribution is -0.275. The Morgan fingerprint density at radius 3 is 1.17 bits per heavy atom. The maximum Gasteiger partial charge on any atom is 0.573 e. The van der Waals surface area contributed by atoms with Gasteiger partial charge in [0.05, 0.1) is 0 Å². The van der Waals surface area contributed by atoms with Crippen LogP contribution in [-0.4, -0.2) is 12.7 Å². The zero-order valence-corrected chi connectivity index (χ0v) is 15.9. The van der Waals surface area contributed by atoms with Crippen molar-refractivity contribution >= 4 is 0 Å². The lowest BCUT2D eigenvalue weighted by atomic mass is 9.92. The minimum atomic E-state index is -4.77. The second kappa shape index (κ2) is 7.93. The Hall–Kier alpha value is -3.16. The van der Waals surface area contributed by atoms with Gasteiger partial charge in [0.2, 0.25) is 0 Å². The largest absolute Gasteiger partial charge is 0.573 e. The standard InChI is InChI=1S/C22H16F6O2/c1-13-11-14(2)20(16-5-9-18(10-6-16)30-22(26,27)28)12-19(13)15-3-7-17(8-4-15)29-21(23,24)25/h3-12H,1-2H3. The highest BCUT2D eigenvalue weighted by Gasteiger charge is 2.31. The molecular weight excluding hydrogens is 410 g/mol. The predicted octanol–water partition coefficient (Wildman–Crippen LogP) is 7.43. The van der Waals surface area contributed by atoms with E-state index in [9.17, 15) is 26.3 Å². The highest BCUT2D eigenvalue weighted by atomic mass is 19.4. The molecule has 0 saturated heterocycles. The average Bonchev–Trinajstić information content (AvgIpc) is 2.61. The van der Waals surface area contributed by atoms with Gasteiger partial charge in [-0.2, -0.15) is 0 Å². The molecule has 3 aromatic carbocycles. The van der Waals surface area contributed by atoms with Crippen molar-refractivity contribution in [2.45, 2.75) is 26.6 Å². The van der Waals surface area contributed by atoms with Crippen molar-refractivity contribution in [3.63, 3.8) is 0 Å². The molecule has 30 heavy (non-hydrogen) atoms. The second-order valence-electron chi connectivity index (χ2n) is 6.63. The van der Waals surface area contributed by atoms with Gasteiger partial charge in [-0.25, -0.2) is 0 Å². The summed E-state index contributed by atoms with van der Waals surface area (Å²) in [5.74, 6) is -0.645. The minimum Gasteiger partial charge on any atom is -0.406 e. The zero-order chi connectivity index (χ0) is 22.1. The van der Waals surface area contributed by atoms with Gasteiger partial charge in [-0.3, -0.25) is 0 Å². The second-order valence-corrected chi connectivity index (χ2v) is 6.63. The molecule has 2 nitrogen and oxygen atoms in total. The van der Waals surface area contributed by atoms with Gasteiger partial charge >= 0.3 is 12.7 Å². The van der Waals surface area contributed by atoms with Crippen LogP contribution in [0.1, 0.15) is 11.1 Å². The van der Waals surface area contributed by atoms with Crippen molar-refractivity contribution in [1.82, 2.24) is 0 Å². The molecule has 3 rings (SSSR count). The molecule has 0 spiro atoms.